The molecule has 0 radical (unpaired) electrons. The normalized spacial score (nSPS) is 13.4. The summed E-state index contributed by atoms with van der Waals surface area (Å²) >= 11 is 0. The molecule has 0 bridgehead atoms. The number of halogens is 1. The molecule has 2 aromatic carbocycles. The Hall–Kier alpha value is -2.56. The number of hydrogen-bond donors (Lipinski definition) is 3. The molecule has 0 spiro atoms. The first-order valence-electron chi connectivity index (χ1n) is 12.8. The minimum Gasteiger partial charge on any atom is -1.00 e. The summed E-state index contributed by atoms with van der Waals surface area (Å²) in [6, 6.07) is 15.3. The van der Waals surface area contributed by atoms with E-state index in [9.17, 15) is 24.2 Å². The Morgan fingerprint density at radius 1 is 1.03 bits per heavy atom. The monoisotopic (exact) mass is 549 g/mol. The van der Waals surface area contributed by atoms with E-state index in [4.69, 9.17) is 10.2 Å². The Kier molecular flexibility index (Phi) is 12.3. The number of rotatable bonds is 12. The quantitative estimate of drug-likeness (QED) is 0.296. The summed E-state index contributed by atoms with van der Waals surface area (Å²) < 4.78 is 15.3. The number of aliphatic carboxylic acids is 1. The molecular formula is C29H37FN3NaO5. The number of carboxylic acid groups (broad SMARTS) is 1. The largest absolute Gasteiger partial charge is 1.00 e. The van der Waals surface area contributed by atoms with E-state index in [1.807, 2.05) is 51.1 Å². The van der Waals surface area contributed by atoms with Crippen molar-refractivity contribution in [3.8, 4) is 5.69 Å². The van der Waals surface area contributed by atoms with Crippen molar-refractivity contribution in [1.82, 2.24) is 14.7 Å². The SMILES string of the molecule is CC(C)c1c(C(=O)N(C)C(C)c2ccccc2)nn(-c2ccc(F)cc2)c1CC[C@@H](O)C[C@@H](O)CC(=O)O.[H-].[Na+]. The number of carbonyl (C=O) groups excluding carboxylic acids is 1. The molecule has 3 rings (SSSR count). The van der Waals surface area contributed by atoms with Gasteiger partial charge in [-0.05, 0) is 61.9 Å². The van der Waals surface area contributed by atoms with Crippen LogP contribution in [0.25, 0.3) is 5.69 Å². The van der Waals surface area contributed by atoms with Gasteiger partial charge in [0, 0.05) is 18.3 Å². The van der Waals surface area contributed by atoms with E-state index in [0.717, 1.165) is 11.1 Å². The molecule has 0 aliphatic carbocycles. The van der Waals surface area contributed by atoms with Gasteiger partial charge in [0.1, 0.15) is 5.82 Å². The van der Waals surface area contributed by atoms with Gasteiger partial charge in [-0.1, -0.05) is 44.2 Å². The molecule has 3 atom stereocenters. The summed E-state index contributed by atoms with van der Waals surface area (Å²) in [4.78, 5) is 26.3. The molecule has 1 amide bonds. The van der Waals surface area contributed by atoms with Gasteiger partial charge in [0.25, 0.3) is 5.91 Å². The fraction of sp³-hybridized carbons (Fsp3) is 0.414. The van der Waals surface area contributed by atoms with Gasteiger partial charge in [0.15, 0.2) is 5.69 Å². The van der Waals surface area contributed by atoms with Crippen LogP contribution in [0.4, 0.5) is 4.39 Å². The van der Waals surface area contributed by atoms with Crippen molar-refractivity contribution in [3.05, 3.63) is 82.9 Å². The molecule has 0 fully saturated rings. The molecule has 3 aromatic rings. The first-order valence-corrected chi connectivity index (χ1v) is 12.8. The molecule has 206 valence electrons. The van der Waals surface area contributed by atoms with Crippen LogP contribution >= 0.6 is 0 Å². The zero-order chi connectivity index (χ0) is 28.0. The van der Waals surface area contributed by atoms with Crippen LogP contribution in [0.15, 0.2) is 54.6 Å². The summed E-state index contributed by atoms with van der Waals surface area (Å²) in [5.41, 5.74) is 3.26. The molecule has 3 N–H and O–H groups in total. The van der Waals surface area contributed by atoms with Crippen LogP contribution < -0.4 is 29.6 Å². The van der Waals surface area contributed by atoms with E-state index < -0.39 is 30.4 Å². The van der Waals surface area contributed by atoms with Crippen molar-refractivity contribution >= 4 is 11.9 Å². The standard InChI is InChI=1S/C29H36FN3O5.Na.H/c1-18(2)27-25(15-14-23(34)16-24(35)17-26(36)37)33(22-12-10-21(30)11-13-22)31-28(27)29(38)32(4)19(3)20-8-6-5-7-9-20;;/h5-13,18-19,23-24,34-35H,14-17H2,1-4H3,(H,36,37);;/q;+1;-1/t19?,23-,24-;;/m1../s1. The van der Waals surface area contributed by atoms with Gasteiger partial charge in [-0.2, -0.15) is 5.10 Å². The second-order valence-corrected chi connectivity index (χ2v) is 9.93. The molecule has 39 heavy (non-hydrogen) atoms. The summed E-state index contributed by atoms with van der Waals surface area (Å²) in [5.74, 6) is -1.89. The van der Waals surface area contributed by atoms with Crippen molar-refractivity contribution < 1.29 is 60.3 Å². The van der Waals surface area contributed by atoms with E-state index in [1.54, 1.807) is 28.8 Å². The van der Waals surface area contributed by atoms with E-state index in [2.05, 4.69) is 0 Å². The van der Waals surface area contributed by atoms with Gasteiger partial charge in [0.2, 0.25) is 0 Å². The number of aliphatic hydroxyl groups excluding tert-OH is 2. The average Bonchev–Trinajstić information content (AvgIpc) is 3.26. The van der Waals surface area contributed by atoms with E-state index in [0.29, 0.717) is 17.8 Å². The maximum atomic E-state index is 13.8. The second-order valence-electron chi connectivity index (χ2n) is 9.93. The third-order valence-corrected chi connectivity index (χ3v) is 6.72. The van der Waals surface area contributed by atoms with Crippen molar-refractivity contribution in [1.29, 1.82) is 0 Å². The molecule has 8 nitrogen and oxygen atoms in total. The second kappa shape index (κ2) is 14.7. The first-order chi connectivity index (χ1) is 18.0. The predicted molar refractivity (Wildman–Crippen MR) is 143 cm³/mol. The van der Waals surface area contributed by atoms with Crippen LogP contribution in [0.5, 0.6) is 0 Å². The minimum atomic E-state index is -1.17. The number of carboxylic acids is 1. The Bertz CT molecular complexity index is 1240. The van der Waals surface area contributed by atoms with Gasteiger partial charge < -0.3 is 21.6 Å². The molecule has 0 aliphatic rings. The molecule has 0 aliphatic heterocycles. The predicted octanol–water partition coefficient (Wildman–Crippen LogP) is 1.60. The van der Waals surface area contributed by atoms with Crippen molar-refractivity contribution in [3.63, 3.8) is 0 Å². The Morgan fingerprint density at radius 2 is 1.64 bits per heavy atom. The van der Waals surface area contributed by atoms with Crippen LogP contribution in [-0.4, -0.2) is 61.1 Å². The van der Waals surface area contributed by atoms with Crippen molar-refractivity contribution in [2.24, 2.45) is 0 Å². The van der Waals surface area contributed by atoms with Crippen LogP contribution in [0.1, 0.15) is 80.7 Å². The van der Waals surface area contributed by atoms with E-state index in [1.165, 1.54) is 12.1 Å². The van der Waals surface area contributed by atoms with E-state index >= 15 is 0 Å². The summed E-state index contributed by atoms with van der Waals surface area (Å²) in [7, 11) is 1.73. The van der Waals surface area contributed by atoms with Crippen LogP contribution in [0.3, 0.4) is 0 Å². The fourth-order valence-electron chi connectivity index (χ4n) is 4.58. The third kappa shape index (κ3) is 8.46. The number of aromatic nitrogens is 2. The fourth-order valence-corrected chi connectivity index (χ4v) is 4.58. The van der Waals surface area contributed by atoms with Crippen molar-refractivity contribution in [2.75, 3.05) is 7.05 Å². The van der Waals surface area contributed by atoms with E-state index in [-0.39, 0.29) is 67.4 Å². The summed E-state index contributed by atoms with van der Waals surface area (Å²) in [6.07, 6.45) is -2.14. The van der Waals surface area contributed by atoms with Crippen molar-refractivity contribution in [2.45, 2.75) is 70.6 Å². The smallest absolute Gasteiger partial charge is 1.00 e. The molecule has 1 heterocycles. The molecule has 1 unspecified atom stereocenters. The molecule has 0 saturated heterocycles. The van der Waals surface area contributed by atoms with Gasteiger partial charge in [-0.15, -0.1) is 0 Å². The maximum Gasteiger partial charge on any atom is 1.00 e. The number of aliphatic hydroxyl groups is 2. The zero-order valence-electron chi connectivity index (χ0n) is 24.2. The van der Waals surface area contributed by atoms with Gasteiger partial charge in [-0.25, -0.2) is 9.07 Å². The summed E-state index contributed by atoms with van der Waals surface area (Å²) in [5, 5.41) is 34.0. The molecular weight excluding hydrogens is 512 g/mol. The Labute approximate surface area is 252 Å². The number of benzene rings is 2. The summed E-state index contributed by atoms with van der Waals surface area (Å²) in [6.45, 7) is 5.86. The van der Waals surface area contributed by atoms with Crippen LogP contribution in [-0.2, 0) is 11.2 Å². The number of carbonyl (C=O) groups is 2. The maximum absolute atomic E-state index is 13.8. The Morgan fingerprint density at radius 3 is 2.21 bits per heavy atom. The number of amides is 1. The van der Waals surface area contributed by atoms with Gasteiger partial charge in [-0.3, -0.25) is 9.59 Å². The van der Waals surface area contributed by atoms with Crippen LogP contribution in [0, 0.1) is 5.82 Å². The Balaban J connectivity index is 0.00000400. The third-order valence-electron chi connectivity index (χ3n) is 6.72. The zero-order valence-corrected chi connectivity index (χ0v) is 25.2. The topological polar surface area (TPSA) is 116 Å². The number of hydrogen-bond acceptors (Lipinski definition) is 5. The first kappa shape index (κ1) is 32.7. The van der Waals surface area contributed by atoms with Crippen LogP contribution in [0.2, 0.25) is 0 Å². The molecule has 10 heteroatoms. The number of nitrogens with zero attached hydrogens (tertiary/aromatic N) is 3. The minimum absolute atomic E-state index is 0. The van der Waals surface area contributed by atoms with Gasteiger partial charge in [0.05, 0.1) is 30.4 Å². The van der Waals surface area contributed by atoms with Gasteiger partial charge >= 0.3 is 35.5 Å². The molecule has 0 saturated carbocycles. The molecule has 1 aromatic heterocycles. The average molecular weight is 550 g/mol.